The number of carbonyl (C=O) groups excluding carboxylic acids is 2. The minimum atomic E-state index is -0.137. The smallest absolute Gasteiger partial charge is 0.263 e. The summed E-state index contributed by atoms with van der Waals surface area (Å²) in [7, 11) is 0. The Morgan fingerprint density at radius 2 is 1.89 bits per heavy atom. The molecule has 2 aliphatic heterocycles. The van der Waals surface area contributed by atoms with Crippen molar-refractivity contribution >= 4 is 34.8 Å². The van der Waals surface area contributed by atoms with E-state index in [1.165, 1.54) is 11.3 Å². The highest BCUT2D eigenvalue weighted by Gasteiger charge is 2.34. The molecule has 0 radical (unpaired) electrons. The average molecular weight is 419 g/mol. The summed E-state index contributed by atoms with van der Waals surface area (Å²) in [5, 5.41) is 2.59. The van der Waals surface area contributed by atoms with Gasteiger partial charge in [0, 0.05) is 24.7 Å². The number of thiophene rings is 1. The first-order chi connectivity index (χ1) is 13.6. The topological polar surface area (TPSA) is 49.9 Å². The largest absolute Gasteiger partial charge is 0.370 e. The van der Waals surface area contributed by atoms with Crippen molar-refractivity contribution in [2.24, 2.45) is 5.92 Å². The van der Waals surface area contributed by atoms with Crippen molar-refractivity contribution < 1.29 is 14.3 Å². The number of halogens is 1. The zero-order chi connectivity index (χ0) is 19.5. The normalized spacial score (nSPS) is 22.9. The lowest BCUT2D eigenvalue weighted by atomic mass is 9.95. The molecule has 2 atom stereocenters. The van der Waals surface area contributed by atoms with Gasteiger partial charge in [0.05, 0.1) is 23.9 Å². The number of morpholine rings is 1. The lowest BCUT2D eigenvalue weighted by molar-refractivity contribution is -0.144. The molecule has 0 bridgehead atoms. The molecule has 0 saturated carbocycles. The fourth-order valence-electron chi connectivity index (χ4n) is 3.91. The van der Waals surface area contributed by atoms with Crippen LogP contribution in [0.15, 0.2) is 41.8 Å². The first-order valence-corrected chi connectivity index (χ1v) is 10.9. The predicted molar refractivity (Wildman–Crippen MR) is 110 cm³/mol. The summed E-state index contributed by atoms with van der Waals surface area (Å²) in [6.07, 6.45) is 1.55. The summed E-state index contributed by atoms with van der Waals surface area (Å²) < 4.78 is 5.88. The van der Waals surface area contributed by atoms with Gasteiger partial charge in [0.15, 0.2) is 0 Å². The first-order valence-electron chi connectivity index (χ1n) is 9.60. The van der Waals surface area contributed by atoms with E-state index >= 15 is 0 Å². The van der Waals surface area contributed by atoms with Gasteiger partial charge in [-0.1, -0.05) is 29.8 Å². The molecule has 7 heteroatoms. The number of nitrogens with zero attached hydrogens (tertiary/aromatic N) is 2. The number of hydrogen-bond acceptors (Lipinski definition) is 4. The van der Waals surface area contributed by atoms with Gasteiger partial charge in [-0.3, -0.25) is 9.59 Å². The second kappa shape index (κ2) is 8.64. The Hall–Kier alpha value is -1.89. The van der Waals surface area contributed by atoms with Crippen molar-refractivity contribution in [3.63, 3.8) is 0 Å². The van der Waals surface area contributed by atoms with Crippen LogP contribution in [-0.4, -0.2) is 54.4 Å². The molecule has 0 spiro atoms. The first kappa shape index (κ1) is 19.4. The van der Waals surface area contributed by atoms with Crippen LogP contribution in [0, 0.1) is 5.92 Å². The van der Waals surface area contributed by atoms with Crippen LogP contribution in [0.1, 0.15) is 34.2 Å². The molecular formula is C21H23ClN2O3S. The van der Waals surface area contributed by atoms with Gasteiger partial charge < -0.3 is 14.5 Å². The quantitative estimate of drug-likeness (QED) is 0.760. The number of hydrogen-bond donors (Lipinski definition) is 0. The highest BCUT2D eigenvalue weighted by Crippen LogP contribution is 2.27. The van der Waals surface area contributed by atoms with Crippen LogP contribution in [-0.2, 0) is 9.53 Å². The van der Waals surface area contributed by atoms with Crippen LogP contribution in [0.25, 0.3) is 0 Å². The fourth-order valence-corrected chi connectivity index (χ4v) is 4.72. The van der Waals surface area contributed by atoms with Crippen molar-refractivity contribution in [3.8, 4) is 0 Å². The molecule has 3 heterocycles. The van der Waals surface area contributed by atoms with Crippen LogP contribution in [0.3, 0.4) is 0 Å². The molecule has 2 aliphatic rings. The third-order valence-corrected chi connectivity index (χ3v) is 6.52. The summed E-state index contributed by atoms with van der Waals surface area (Å²) in [4.78, 5) is 30.3. The molecule has 4 rings (SSSR count). The van der Waals surface area contributed by atoms with Crippen LogP contribution in [0.2, 0.25) is 5.02 Å². The van der Waals surface area contributed by atoms with E-state index in [2.05, 4.69) is 0 Å². The second-order valence-corrected chi connectivity index (χ2v) is 8.65. The second-order valence-electron chi connectivity index (χ2n) is 7.26. The van der Waals surface area contributed by atoms with Crippen molar-refractivity contribution in [1.82, 2.24) is 9.80 Å². The molecule has 0 N–H and O–H groups in total. The number of benzene rings is 1. The van der Waals surface area contributed by atoms with Crippen LogP contribution >= 0.6 is 22.9 Å². The zero-order valence-electron chi connectivity index (χ0n) is 15.6. The highest BCUT2D eigenvalue weighted by atomic mass is 35.5. The molecule has 2 saturated heterocycles. The SMILES string of the molecule is O=C(c1cccs1)N1CCCC(C(=O)N2CCOC(c3ccc(Cl)cc3)C2)C1. The number of carbonyl (C=O) groups is 2. The standard InChI is InChI=1S/C21H23ClN2O3S/c22-17-7-5-15(6-8-17)18-14-24(10-11-27-18)20(25)16-3-1-9-23(13-16)21(26)19-4-2-12-28-19/h2,4-8,12,16,18H,1,3,9-11,13-14H2. The van der Waals surface area contributed by atoms with E-state index < -0.39 is 0 Å². The third-order valence-electron chi connectivity index (χ3n) is 5.41. The maximum Gasteiger partial charge on any atom is 0.263 e. The number of likely N-dealkylation sites (tertiary alicyclic amines) is 1. The van der Waals surface area contributed by atoms with Gasteiger partial charge >= 0.3 is 0 Å². The van der Waals surface area contributed by atoms with E-state index in [0.29, 0.717) is 31.3 Å². The van der Waals surface area contributed by atoms with Gasteiger partial charge in [-0.05, 0) is 42.0 Å². The Kier molecular flexibility index (Phi) is 5.99. The summed E-state index contributed by atoms with van der Waals surface area (Å²) in [6, 6.07) is 11.3. The van der Waals surface area contributed by atoms with Crippen molar-refractivity contribution in [2.45, 2.75) is 18.9 Å². The number of ether oxygens (including phenoxy) is 1. The Morgan fingerprint density at radius 3 is 2.64 bits per heavy atom. The summed E-state index contributed by atoms with van der Waals surface area (Å²) in [5.74, 6) is 0.0288. The molecule has 148 valence electrons. The zero-order valence-corrected chi connectivity index (χ0v) is 17.1. The monoisotopic (exact) mass is 418 g/mol. The van der Waals surface area contributed by atoms with Crippen molar-refractivity contribution in [3.05, 3.63) is 57.2 Å². The maximum atomic E-state index is 13.2. The van der Waals surface area contributed by atoms with Gasteiger partial charge in [-0.15, -0.1) is 11.3 Å². The van der Waals surface area contributed by atoms with E-state index in [1.54, 1.807) is 0 Å². The van der Waals surface area contributed by atoms with E-state index in [4.69, 9.17) is 16.3 Å². The average Bonchev–Trinajstić information content (AvgIpc) is 3.28. The fraction of sp³-hybridized carbons (Fsp3) is 0.429. The molecule has 1 aromatic heterocycles. The summed E-state index contributed by atoms with van der Waals surface area (Å²) >= 11 is 7.42. The van der Waals surface area contributed by atoms with Gasteiger partial charge in [0.1, 0.15) is 6.10 Å². The van der Waals surface area contributed by atoms with E-state index in [-0.39, 0.29) is 23.8 Å². The molecule has 2 amide bonds. The molecule has 0 aliphatic carbocycles. The number of amides is 2. The molecule has 2 aromatic rings. The van der Waals surface area contributed by atoms with Gasteiger partial charge in [0.25, 0.3) is 5.91 Å². The third kappa shape index (κ3) is 4.24. The van der Waals surface area contributed by atoms with Crippen molar-refractivity contribution in [1.29, 1.82) is 0 Å². The molecule has 2 unspecified atom stereocenters. The molecule has 5 nitrogen and oxygen atoms in total. The summed E-state index contributed by atoms with van der Waals surface area (Å²) in [5.41, 5.74) is 1.03. The number of rotatable bonds is 3. The van der Waals surface area contributed by atoms with E-state index in [0.717, 1.165) is 29.8 Å². The van der Waals surface area contributed by atoms with Gasteiger partial charge in [-0.2, -0.15) is 0 Å². The Morgan fingerprint density at radius 1 is 1.07 bits per heavy atom. The molecule has 2 fully saturated rings. The van der Waals surface area contributed by atoms with Crippen LogP contribution < -0.4 is 0 Å². The van der Waals surface area contributed by atoms with Gasteiger partial charge in [0.2, 0.25) is 5.91 Å². The predicted octanol–water partition coefficient (Wildman–Crippen LogP) is 3.85. The molecular weight excluding hydrogens is 396 g/mol. The van der Waals surface area contributed by atoms with Gasteiger partial charge in [-0.25, -0.2) is 0 Å². The Balaban J connectivity index is 1.40. The highest BCUT2D eigenvalue weighted by molar-refractivity contribution is 7.12. The minimum absolute atomic E-state index is 0.0357. The number of piperidine rings is 1. The lowest BCUT2D eigenvalue weighted by Gasteiger charge is -2.38. The lowest BCUT2D eigenvalue weighted by Crippen LogP contribution is -2.50. The van der Waals surface area contributed by atoms with Crippen LogP contribution in [0.4, 0.5) is 0 Å². The van der Waals surface area contributed by atoms with Crippen LogP contribution in [0.5, 0.6) is 0 Å². The summed E-state index contributed by atoms with van der Waals surface area (Å²) in [6.45, 7) is 2.87. The van der Waals surface area contributed by atoms with E-state index in [1.807, 2.05) is 51.6 Å². The molecule has 28 heavy (non-hydrogen) atoms. The minimum Gasteiger partial charge on any atom is -0.370 e. The van der Waals surface area contributed by atoms with Crippen molar-refractivity contribution in [2.75, 3.05) is 32.8 Å². The van der Waals surface area contributed by atoms with E-state index in [9.17, 15) is 9.59 Å². The maximum absolute atomic E-state index is 13.2. The Labute approximate surface area is 173 Å². The Bertz CT molecular complexity index is 825. The molecule has 1 aromatic carbocycles.